The molecule has 0 saturated carbocycles. The van der Waals surface area contributed by atoms with Crippen LogP contribution < -0.4 is 9.53 Å². The van der Waals surface area contributed by atoms with Gasteiger partial charge in [0.05, 0.1) is 7.11 Å². The third-order valence-corrected chi connectivity index (χ3v) is 2.70. The van der Waals surface area contributed by atoms with Gasteiger partial charge in [-0.05, 0) is 29.1 Å². The molecule has 94 valence electrons. The normalized spacial score (nSPS) is 10.4. The predicted molar refractivity (Wildman–Crippen MR) is 69.4 cm³/mol. The molecule has 0 fully saturated rings. The second-order valence-corrected chi connectivity index (χ2v) is 3.94. The molecule has 0 N–H and O–H groups in total. The van der Waals surface area contributed by atoms with Crippen molar-refractivity contribution in [1.29, 1.82) is 0 Å². The lowest BCUT2D eigenvalue weighted by Gasteiger charge is -1.98. The quantitative estimate of drug-likeness (QED) is 0.665. The van der Waals surface area contributed by atoms with Crippen LogP contribution in [-0.2, 0) is 0 Å². The Bertz CT molecular complexity index is 607. The van der Waals surface area contributed by atoms with Crippen molar-refractivity contribution in [3.8, 4) is 17.4 Å². The summed E-state index contributed by atoms with van der Waals surface area (Å²) in [6.45, 7) is 0. The minimum atomic E-state index is 0.327. The molecular formula is C14H13N4O+. The Labute approximate surface area is 110 Å². The fourth-order valence-corrected chi connectivity index (χ4v) is 1.81. The molecule has 0 radical (unpaired) electrons. The second-order valence-electron chi connectivity index (χ2n) is 3.94. The average molecular weight is 253 g/mol. The number of tetrazole rings is 1. The van der Waals surface area contributed by atoms with Crippen molar-refractivity contribution < 1.29 is 9.53 Å². The van der Waals surface area contributed by atoms with Gasteiger partial charge in [-0.15, -0.1) is 0 Å². The van der Waals surface area contributed by atoms with Crippen LogP contribution in [0.4, 0.5) is 0 Å². The van der Waals surface area contributed by atoms with Gasteiger partial charge in [-0.2, -0.15) is 0 Å². The van der Waals surface area contributed by atoms with Crippen molar-refractivity contribution in [3.05, 3.63) is 60.7 Å². The van der Waals surface area contributed by atoms with Crippen molar-refractivity contribution in [3.63, 3.8) is 0 Å². The standard InChI is InChI=1S/C14H13N4O/c1-19-14-15-17(12-8-4-2-5-9-12)18(16-14)13-10-6-3-7-11-13/h2-11H,1H3/q+1. The zero-order valence-electron chi connectivity index (χ0n) is 10.5. The molecule has 1 heterocycles. The first-order chi connectivity index (χ1) is 9.38. The van der Waals surface area contributed by atoms with Crippen molar-refractivity contribution in [2.24, 2.45) is 0 Å². The van der Waals surface area contributed by atoms with Crippen LogP contribution in [0.2, 0.25) is 0 Å². The maximum atomic E-state index is 5.11. The summed E-state index contributed by atoms with van der Waals surface area (Å²) in [7, 11) is 1.56. The highest BCUT2D eigenvalue weighted by atomic mass is 16.5. The maximum absolute atomic E-state index is 5.11. The molecule has 0 bridgehead atoms. The van der Waals surface area contributed by atoms with Gasteiger partial charge in [-0.1, -0.05) is 36.4 Å². The molecule has 5 nitrogen and oxygen atoms in total. The first kappa shape index (κ1) is 11.4. The Hall–Kier alpha value is -2.69. The molecule has 0 aliphatic heterocycles. The number of nitrogens with zero attached hydrogens (tertiary/aromatic N) is 4. The molecule has 2 aromatic carbocycles. The van der Waals surface area contributed by atoms with E-state index in [0.29, 0.717) is 6.01 Å². The Morgan fingerprint density at radius 1 is 0.947 bits per heavy atom. The number of aromatic nitrogens is 4. The lowest BCUT2D eigenvalue weighted by atomic mass is 10.3. The lowest BCUT2D eigenvalue weighted by Crippen LogP contribution is -2.43. The molecule has 0 aliphatic rings. The highest BCUT2D eigenvalue weighted by Gasteiger charge is 2.21. The Morgan fingerprint density at radius 3 is 2.21 bits per heavy atom. The largest absolute Gasteiger partial charge is 0.495 e. The number of hydrogen-bond donors (Lipinski definition) is 0. The van der Waals surface area contributed by atoms with Gasteiger partial charge in [0.2, 0.25) is 0 Å². The number of ether oxygens (including phenoxy) is 1. The van der Waals surface area contributed by atoms with Gasteiger partial charge in [-0.3, -0.25) is 0 Å². The summed E-state index contributed by atoms with van der Waals surface area (Å²) in [6.07, 6.45) is 0. The van der Waals surface area contributed by atoms with Crippen LogP contribution in [0.3, 0.4) is 0 Å². The number of hydrogen-bond acceptors (Lipinski definition) is 3. The van der Waals surface area contributed by atoms with E-state index >= 15 is 0 Å². The summed E-state index contributed by atoms with van der Waals surface area (Å²) in [6, 6.07) is 19.9. The average Bonchev–Trinajstić information content (AvgIpc) is 2.93. The van der Waals surface area contributed by atoms with E-state index in [0.717, 1.165) is 11.4 Å². The van der Waals surface area contributed by atoms with Crippen molar-refractivity contribution in [2.75, 3.05) is 7.11 Å². The van der Waals surface area contributed by atoms with Crippen molar-refractivity contribution in [1.82, 2.24) is 15.0 Å². The van der Waals surface area contributed by atoms with Gasteiger partial charge >= 0.3 is 6.01 Å². The number of methoxy groups -OCH3 is 1. The lowest BCUT2D eigenvalue weighted by molar-refractivity contribution is -0.735. The van der Waals surface area contributed by atoms with E-state index in [-0.39, 0.29) is 0 Å². The fraction of sp³-hybridized carbons (Fsp3) is 0.0714. The summed E-state index contributed by atoms with van der Waals surface area (Å²) in [4.78, 5) is 3.41. The van der Waals surface area contributed by atoms with Crippen LogP contribution in [0.15, 0.2) is 60.7 Å². The number of rotatable bonds is 3. The predicted octanol–water partition coefficient (Wildman–Crippen LogP) is 1.55. The Balaban J connectivity index is 2.17. The van der Waals surface area contributed by atoms with E-state index in [4.69, 9.17) is 4.74 Å². The smallest absolute Gasteiger partial charge is 0.444 e. The summed E-state index contributed by atoms with van der Waals surface area (Å²) < 4.78 is 5.11. The van der Waals surface area contributed by atoms with Crippen LogP contribution in [0.25, 0.3) is 11.4 Å². The van der Waals surface area contributed by atoms with E-state index in [2.05, 4.69) is 10.2 Å². The first-order valence-corrected chi connectivity index (χ1v) is 5.93. The molecule has 3 aromatic rings. The highest BCUT2D eigenvalue weighted by molar-refractivity contribution is 5.28. The number of para-hydroxylation sites is 2. The van der Waals surface area contributed by atoms with Gasteiger partial charge in [0, 0.05) is 9.90 Å². The summed E-state index contributed by atoms with van der Waals surface area (Å²) >= 11 is 0. The van der Waals surface area contributed by atoms with E-state index in [1.165, 1.54) is 0 Å². The summed E-state index contributed by atoms with van der Waals surface area (Å²) in [5.74, 6) is 0. The topological polar surface area (TPSA) is 43.8 Å². The zero-order chi connectivity index (χ0) is 13.1. The monoisotopic (exact) mass is 253 g/mol. The SMILES string of the molecule is COc1nn(-c2ccccc2)[n+](-c2ccccc2)n1. The van der Waals surface area contributed by atoms with Gasteiger partial charge in [0.15, 0.2) is 5.69 Å². The maximum Gasteiger partial charge on any atom is 0.495 e. The molecule has 19 heavy (non-hydrogen) atoms. The highest BCUT2D eigenvalue weighted by Crippen LogP contribution is 2.07. The van der Waals surface area contributed by atoms with E-state index in [9.17, 15) is 0 Å². The van der Waals surface area contributed by atoms with Crippen LogP contribution in [0, 0.1) is 0 Å². The van der Waals surface area contributed by atoms with E-state index < -0.39 is 0 Å². The summed E-state index contributed by atoms with van der Waals surface area (Å²) in [5.41, 5.74) is 1.84. The van der Waals surface area contributed by atoms with Crippen LogP contribution in [-0.4, -0.2) is 22.1 Å². The van der Waals surface area contributed by atoms with E-state index in [1.54, 1.807) is 16.7 Å². The Kier molecular flexibility index (Phi) is 2.94. The van der Waals surface area contributed by atoms with Crippen LogP contribution in [0.1, 0.15) is 0 Å². The van der Waals surface area contributed by atoms with Gasteiger partial charge < -0.3 is 4.74 Å². The van der Waals surface area contributed by atoms with Crippen molar-refractivity contribution in [2.45, 2.75) is 0 Å². The van der Waals surface area contributed by atoms with Crippen LogP contribution >= 0.6 is 0 Å². The molecular weight excluding hydrogens is 240 g/mol. The molecule has 3 rings (SSSR count). The minimum Gasteiger partial charge on any atom is -0.444 e. The molecule has 0 atom stereocenters. The third-order valence-electron chi connectivity index (χ3n) is 2.70. The molecule has 0 aliphatic carbocycles. The molecule has 0 unspecified atom stereocenters. The second kappa shape index (κ2) is 4.89. The molecule has 1 aromatic heterocycles. The van der Waals surface area contributed by atoms with Crippen molar-refractivity contribution >= 4 is 0 Å². The first-order valence-electron chi connectivity index (χ1n) is 5.93. The minimum absolute atomic E-state index is 0.327. The van der Waals surface area contributed by atoms with E-state index in [1.807, 2.05) is 60.7 Å². The third kappa shape index (κ3) is 2.18. The van der Waals surface area contributed by atoms with Gasteiger partial charge in [0.1, 0.15) is 10.8 Å². The molecule has 0 spiro atoms. The summed E-state index contributed by atoms with van der Waals surface area (Å²) in [5, 5.41) is 8.64. The van der Waals surface area contributed by atoms with Gasteiger partial charge in [0.25, 0.3) is 0 Å². The van der Waals surface area contributed by atoms with Gasteiger partial charge in [-0.25, -0.2) is 0 Å². The molecule has 5 heteroatoms. The molecule has 0 amide bonds. The molecule has 0 saturated heterocycles. The fourth-order valence-electron chi connectivity index (χ4n) is 1.81. The van der Waals surface area contributed by atoms with Crippen LogP contribution in [0.5, 0.6) is 6.01 Å². The number of benzene rings is 2. The zero-order valence-corrected chi connectivity index (χ0v) is 10.5. The Morgan fingerprint density at radius 2 is 1.58 bits per heavy atom.